The summed E-state index contributed by atoms with van der Waals surface area (Å²) in [6, 6.07) is 20.6. The van der Waals surface area contributed by atoms with Crippen LogP contribution in [0.2, 0.25) is 0 Å². The zero-order valence-corrected chi connectivity index (χ0v) is 12.4. The highest BCUT2D eigenvalue weighted by atomic mass is 16.1. The largest absolute Gasteiger partial charge is 0.294 e. The molecule has 0 saturated carbocycles. The van der Waals surface area contributed by atoms with Gasteiger partial charge in [0, 0.05) is 12.0 Å². The number of carbonyl (C=O) groups is 1. The summed E-state index contributed by atoms with van der Waals surface area (Å²) >= 11 is 0. The number of ketones is 1. The van der Waals surface area contributed by atoms with E-state index in [-0.39, 0.29) is 5.78 Å². The Bertz CT molecular complexity index is 815. The Morgan fingerprint density at radius 3 is 2.57 bits per heavy atom. The summed E-state index contributed by atoms with van der Waals surface area (Å²) < 4.78 is 0. The number of carbonyl (C=O) groups excluding carboxylic acids is 1. The predicted molar refractivity (Wildman–Crippen MR) is 88.7 cm³/mol. The fourth-order valence-electron chi connectivity index (χ4n) is 2.82. The maximum Gasteiger partial charge on any atom is 0.162 e. The van der Waals surface area contributed by atoms with E-state index in [2.05, 4.69) is 49.4 Å². The summed E-state index contributed by atoms with van der Waals surface area (Å²) in [7, 11) is 0. The second-order valence-corrected chi connectivity index (χ2v) is 5.34. The smallest absolute Gasteiger partial charge is 0.162 e. The van der Waals surface area contributed by atoms with Crippen LogP contribution in [-0.2, 0) is 0 Å². The molecule has 0 fully saturated rings. The highest BCUT2D eigenvalue weighted by Crippen LogP contribution is 2.32. The second kappa shape index (κ2) is 5.53. The molecule has 3 aromatic rings. The first kappa shape index (κ1) is 13.6. The van der Waals surface area contributed by atoms with Gasteiger partial charge in [0.05, 0.1) is 0 Å². The average Bonchev–Trinajstić information content (AvgIpc) is 2.54. The summed E-state index contributed by atoms with van der Waals surface area (Å²) in [6.45, 7) is 4.02. The third kappa shape index (κ3) is 2.47. The summed E-state index contributed by atoms with van der Waals surface area (Å²) in [5, 5.41) is 2.46. The maximum absolute atomic E-state index is 11.9. The van der Waals surface area contributed by atoms with Crippen LogP contribution in [0.4, 0.5) is 0 Å². The van der Waals surface area contributed by atoms with E-state index in [1.54, 1.807) is 0 Å². The first-order valence-corrected chi connectivity index (χ1v) is 7.32. The molecule has 1 nitrogen and oxygen atoms in total. The van der Waals surface area contributed by atoms with Crippen molar-refractivity contribution in [2.24, 2.45) is 0 Å². The van der Waals surface area contributed by atoms with Gasteiger partial charge in [-0.15, -0.1) is 0 Å². The van der Waals surface area contributed by atoms with Crippen molar-refractivity contribution < 1.29 is 4.79 Å². The first-order valence-electron chi connectivity index (χ1n) is 7.32. The van der Waals surface area contributed by atoms with E-state index in [9.17, 15) is 4.79 Å². The van der Waals surface area contributed by atoms with Crippen molar-refractivity contribution in [2.75, 3.05) is 0 Å². The fraction of sp³-hybridized carbons (Fsp3) is 0.150. The van der Waals surface area contributed by atoms with Crippen LogP contribution in [0.5, 0.6) is 0 Å². The number of benzene rings is 3. The van der Waals surface area contributed by atoms with Crippen LogP contribution in [0.1, 0.15) is 29.3 Å². The highest BCUT2D eigenvalue weighted by molar-refractivity contribution is 6.01. The molecule has 0 aliphatic rings. The van der Waals surface area contributed by atoms with E-state index in [4.69, 9.17) is 0 Å². The lowest BCUT2D eigenvalue weighted by molar-refractivity contribution is 0.0988. The van der Waals surface area contributed by atoms with Gasteiger partial charge >= 0.3 is 0 Å². The Morgan fingerprint density at radius 2 is 1.76 bits per heavy atom. The molecule has 0 amide bonds. The van der Waals surface area contributed by atoms with Gasteiger partial charge in [-0.25, -0.2) is 0 Å². The van der Waals surface area contributed by atoms with Crippen molar-refractivity contribution >= 4 is 16.6 Å². The molecule has 0 atom stereocenters. The minimum atomic E-state index is 0.190. The van der Waals surface area contributed by atoms with Gasteiger partial charge in [0.25, 0.3) is 0 Å². The van der Waals surface area contributed by atoms with Crippen molar-refractivity contribution in [1.82, 2.24) is 0 Å². The Balaban J connectivity index is 2.25. The van der Waals surface area contributed by atoms with Gasteiger partial charge in [-0.2, -0.15) is 0 Å². The Hall–Kier alpha value is -2.41. The summed E-state index contributed by atoms with van der Waals surface area (Å²) in [4.78, 5) is 11.9. The van der Waals surface area contributed by atoms with Crippen LogP contribution in [0.3, 0.4) is 0 Å². The zero-order chi connectivity index (χ0) is 14.8. The Labute approximate surface area is 125 Å². The van der Waals surface area contributed by atoms with Gasteiger partial charge in [0.2, 0.25) is 0 Å². The molecule has 0 unspecified atom stereocenters. The van der Waals surface area contributed by atoms with E-state index in [1.807, 2.05) is 25.1 Å². The summed E-state index contributed by atoms with van der Waals surface area (Å²) in [5.41, 5.74) is 4.36. The normalized spacial score (nSPS) is 10.8. The molecule has 3 aromatic carbocycles. The molecule has 0 radical (unpaired) electrons. The van der Waals surface area contributed by atoms with Crippen molar-refractivity contribution in [1.29, 1.82) is 0 Å². The van der Waals surface area contributed by atoms with Crippen LogP contribution in [0.15, 0.2) is 60.7 Å². The fourth-order valence-corrected chi connectivity index (χ4v) is 2.82. The number of rotatable bonds is 3. The lowest BCUT2D eigenvalue weighted by atomic mass is 9.92. The molecule has 104 valence electrons. The molecule has 3 rings (SSSR count). The predicted octanol–water partition coefficient (Wildman–Crippen LogP) is 5.41. The van der Waals surface area contributed by atoms with Gasteiger partial charge in [-0.05, 0) is 40.5 Å². The molecule has 0 saturated heterocycles. The molecule has 0 aliphatic heterocycles. The van der Waals surface area contributed by atoms with Gasteiger partial charge in [0.1, 0.15) is 0 Å². The maximum atomic E-state index is 11.9. The quantitative estimate of drug-likeness (QED) is 0.584. The number of Topliss-reactive ketones (excluding diaryl/α,β-unsaturated/α-hetero) is 1. The van der Waals surface area contributed by atoms with Crippen molar-refractivity contribution in [3.05, 3.63) is 71.8 Å². The molecular weight excluding hydrogens is 256 g/mol. The van der Waals surface area contributed by atoms with Crippen molar-refractivity contribution in [3.63, 3.8) is 0 Å². The third-order valence-corrected chi connectivity index (χ3v) is 3.93. The lowest BCUT2D eigenvalue weighted by Crippen LogP contribution is -1.96. The minimum absolute atomic E-state index is 0.190. The van der Waals surface area contributed by atoms with E-state index in [0.29, 0.717) is 6.42 Å². The van der Waals surface area contributed by atoms with E-state index in [1.165, 1.54) is 21.9 Å². The SMILES string of the molecule is CCC(=O)c1cccc(-c2c(C)ccc3ccccc23)c1. The standard InChI is InChI=1S/C20H18O/c1-3-19(21)16-8-6-9-17(13-16)20-14(2)11-12-15-7-4-5-10-18(15)20/h4-13H,3H2,1-2H3. The molecular formula is C20H18O. The van der Waals surface area contributed by atoms with Crippen LogP contribution >= 0.6 is 0 Å². The number of hydrogen-bond acceptors (Lipinski definition) is 1. The lowest BCUT2D eigenvalue weighted by Gasteiger charge is -2.11. The molecule has 21 heavy (non-hydrogen) atoms. The molecule has 1 heteroatoms. The molecule has 0 spiro atoms. The molecule has 0 aromatic heterocycles. The van der Waals surface area contributed by atoms with Crippen LogP contribution in [-0.4, -0.2) is 5.78 Å². The minimum Gasteiger partial charge on any atom is -0.294 e. The van der Waals surface area contributed by atoms with Crippen LogP contribution in [0.25, 0.3) is 21.9 Å². The van der Waals surface area contributed by atoms with Gasteiger partial charge < -0.3 is 0 Å². The van der Waals surface area contributed by atoms with E-state index in [0.717, 1.165) is 11.1 Å². The summed E-state index contributed by atoms with van der Waals surface area (Å²) in [5.74, 6) is 0.190. The zero-order valence-electron chi connectivity index (χ0n) is 12.4. The molecule has 0 bridgehead atoms. The highest BCUT2D eigenvalue weighted by Gasteiger charge is 2.09. The summed E-state index contributed by atoms with van der Waals surface area (Å²) in [6.07, 6.45) is 0.540. The van der Waals surface area contributed by atoms with E-state index >= 15 is 0 Å². The second-order valence-electron chi connectivity index (χ2n) is 5.34. The third-order valence-electron chi connectivity index (χ3n) is 3.93. The molecule has 0 aliphatic carbocycles. The Kier molecular flexibility index (Phi) is 3.57. The van der Waals surface area contributed by atoms with Crippen LogP contribution < -0.4 is 0 Å². The van der Waals surface area contributed by atoms with Gasteiger partial charge in [-0.1, -0.05) is 61.5 Å². The van der Waals surface area contributed by atoms with Crippen molar-refractivity contribution in [2.45, 2.75) is 20.3 Å². The average molecular weight is 274 g/mol. The number of fused-ring (bicyclic) bond motifs is 1. The molecule has 0 N–H and O–H groups in total. The van der Waals surface area contributed by atoms with E-state index < -0.39 is 0 Å². The topological polar surface area (TPSA) is 17.1 Å². The van der Waals surface area contributed by atoms with Crippen molar-refractivity contribution in [3.8, 4) is 11.1 Å². The first-order chi connectivity index (χ1) is 10.2. The van der Waals surface area contributed by atoms with Gasteiger partial charge in [0.15, 0.2) is 5.78 Å². The number of hydrogen-bond donors (Lipinski definition) is 0. The Morgan fingerprint density at radius 1 is 0.952 bits per heavy atom. The van der Waals surface area contributed by atoms with Gasteiger partial charge in [-0.3, -0.25) is 4.79 Å². The molecule has 0 heterocycles. The van der Waals surface area contributed by atoms with Crippen LogP contribution in [0, 0.1) is 6.92 Å². The monoisotopic (exact) mass is 274 g/mol. The number of aryl methyl sites for hydroxylation is 1.